The first-order valence-electron chi connectivity index (χ1n) is 8.54. The van der Waals surface area contributed by atoms with E-state index in [-0.39, 0.29) is 17.6 Å². The van der Waals surface area contributed by atoms with Crippen LogP contribution in [-0.2, 0) is 10.5 Å². The van der Waals surface area contributed by atoms with Gasteiger partial charge >= 0.3 is 5.97 Å². The summed E-state index contributed by atoms with van der Waals surface area (Å²) in [5.74, 6) is -0.317. The molecule has 1 aliphatic carbocycles. The van der Waals surface area contributed by atoms with Crippen LogP contribution in [0.5, 0.6) is 0 Å². The summed E-state index contributed by atoms with van der Waals surface area (Å²) in [5, 5.41) is 9.10. The maximum absolute atomic E-state index is 12.9. The van der Waals surface area contributed by atoms with E-state index in [1.54, 1.807) is 18.0 Å². The van der Waals surface area contributed by atoms with Gasteiger partial charge in [0.2, 0.25) is 0 Å². The van der Waals surface area contributed by atoms with E-state index < -0.39 is 5.97 Å². The molecule has 1 saturated carbocycles. The molecule has 0 saturated heterocycles. The first-order valence-corrected chi connectivity index (χ1v) is 9.52. The zero-order valence-corrected chi connectivity index (χ0v) is 14.7. The molecule has 0 aliphatic heterocycles. The number of carbonyl (C=O) groups is 2. The summed E-state index contributed by atoms with van der Waals surface area (Å²) < 4.78 is 0. The van der Waals surface area contributed by atoms with Crippen molar-refractivity contribution < 1.29 is 14.7 Å². The molecule has 1 aromatic heterocycles. The Bertz CT molecular complexity index is 740. The fourth-order valence-corrected chi connectivity index (χ4v) is 4.20. The number of rotatable bonds is 6. The van der Waals surface area contributed by atoms with Crippen molar-refractivity contribution in [1.82, 2.24) is 4.98 Å². The van der Waals surface area contributed by atoms with Gasteiger partial charge in [0.25, 0.3) is 0 Å². The summed E-state index contributed by atoms with van der Waals surface area (Å²) >= 11 is 1.62. The summed E-state index contributed by atoms with van der Waals surface area (Å²) in [6, 6.07) is 13.9. The van der Waals surface area contributed by atoms with Crippen molar-refractivity contribution in [2.75, 3.05) is 0 Å². The molecular weight excluding hydrogens is 334 g/mol. The number of benzene rings is 1. The Morgan fingerprint density at radius 3 is 2.36 bits per heavy atom. The SMILES string of the molecule is O=C(O)[C@H]1CC[C@H](C(=O)c2ncccc2SCc2ccccc2)CC1. The van der Waals surface area contributed by atoms with E-state index in [2.05, 4.69) is 17.1 Å². The summed E-state index contributed by atoms with van der Waals surface area (Å²) in [4.78, 5) is 29.2. The summed E-state index contributed by atoms with van der Waals surface area (Å²) in [6.07, 6.45) is 4.07. The highest BCUT2D eigenvalue weighted by atomic mass is 32.2. The molecule has 0 spiro atoms. The van der Waals surface area contributed by atoms with Crippen molar-refractivity contribution in [2.45, 2.75) is 36.3 Å². The zero-order chi connectivity index (χ0) is 17.6. The standard InChI is InChI=1S/C20H21NO3S/c22-19(15-8-10-16(11-9-15)20(23)24)18-17(7-4-12-21-18)25-13-14-5-2-1-3-6-14/h1-7,12,15-16H,8-11,13H2,(H,23,24)/t15-,16-. The smallest absolute Gasteiger partial charge is 0.306 e. The largest absolute Gasteiger partial charge is 0.481 e. The molecule has 0 radical (unpaired) electrons. The van der Waals surface area contributed by atoms with Crippen molar-refractivity contribution in [1.29, 1.82) is 0 Å². The molecule has 1 aromatic carbocycles. The topological polar surface area (TPSA) is 67.3 Å². The minimum absolute atomic E-state index is 0.0556. The van der Waals surface area contributed by atoms with Crippen LogP contribution in [0.2, 0.25) is 0 Å². The van der Waals surface area contributed by atoms with Gasteiger partial charge < -0.3 is 5.11 Å². The molecule has 1 N–H and O–H groups in total. The molecule has 1 fully saturated rings. The maximum atomic E-state index is 12.9. The van der Waals surface area contributed by atoms with Gasteiger partial charge in [-0.15, -0.1) is 11.8 Å². The van der Waals surface area contributed by atoms with E-state index in [0.29, 0.717) is 31.4 Å². The highest BCUT2D eigenvalue weighted by Crippen LogP contribution is 2.33. The summed E-state index contributed by atoms with van der Waals surface area (Å²) in [6.45, 7) is 0. The van der Waals surface area contributed by atoms with Gasteiger partial charge in [-0.25, -0.2) is 0 Å². The number of aromatic nitrogens is 1. The molecule has 0 unspecified atom stereocenters. The van der Waals surface area contributed by atoms with Crippen LogP contribution in [0.4, 0.5) is 0 Å². The lowest BCUT2D eigenvalue weighted by molar-refractivity contribution is -0.143. The molecule has 0 amide bonds. The minimum atomic E-state index is -0.747. The zero-order valence-electron chi connectivity index (χ0n) is 13.9. The second kappa shape index (κ2) is 8.30. The van der Waals surface area contributed by atoms with E-state index in [9.17, 15) is 9.59 Å². The number of nitrogens with zero attached hydrogens (tertiary/aromatic N) is 1. The average molecular weight is 355 g/mol. The van der Waals surface area contributed by atoms with Gasteiger partial charge in [-0.1, -0.05) is 30.3 Å². The average Bonchev–Trinajstić information content (AvgIpc) is 2.67. The molecule has 0 atom stereocenters. The lowest BCUT2D eigenvalue weighted by Crippen LogP contribution is -2.26. The van der Waals surface area contributed by atoms with Crippen LogP contribution in [-0.4, -0.2) is 21.8 Å². The molecule has 3 rings (SSSR count). The minimum Gasteiger partial charge on any atom is -0.481 e. The number of ketones is 1. The van der Waals surface area contributed by atoms with Gasteiger partial charge in [-0.05, 0) is 43.4 Å². The Labute approximate surface area is 151 Å². The summed E-state index contributed by atoms with van der Waals surface area (Å²) in [5.41, 5.74) is 1.74. The normalized spacial score (nSPS) is 20.2. The van der Waals surface area contributed by atoms with Gasteiger partial charge in [0.15, 0.2) is 5.78 Å². The van der Waals surface area contributed by atoms with Crippen molar-refractivity contribution in [2.24, 2.45) is 11.8 Å². The van der Waals surface area contributed by atoms with E-state index in [4.69, 9.17) is 5.11 Å². The van der Waals surface area contributed by atoms with Crippen molar-refractivity contribution >= 4 is 23.5 Å². The molecular formula is C20H21NO3S. The number of Topliss-reactive ketones (excluding diaryl/α,β-unsaturated/α-hetero) is 1. The van der Waals surface area contributed by atoms with Gasteiger partial charge in [-0.3, -0.25) is 14.6 Å². The predicted octanol–water partition coefficient (Wildman–Crippen LogP) is 4.45. The predicted molar refractivity (Wildman–Crippen MR) is 97.7 cm³/mol. The van der Waals surface area contributed by atoms with Crippen LogP contribution in [0.1, 0.15) is 41.7 Å². The quantitative estimate of drug-likeness (QED) is 0.612. The third-order valence-corrected chi connectivity index (χ3v) is 5.81. The van der Waals surface area contributed by atoms with E-state index in [1.165, 1.54) is 5.56 Å². The van der Waals surface area contributed by atoms with Crippen LogP contribution in [0.3, 0.4) is 0 Å². The number of aliphatic carboxylic acids is 1. The van der Waals surface area contributed by atoms with Crippen LogP contribution in [0, 0.1) is 11.8 Å². The van der Waals surface area contributed by atoms with Gasteiger partial charge in [0.1, 0.15) is 5.69 Å². The molecule has 0 bridgehead atoms. The van der Waals surface area contributed by atoms with Crippen LogP contribution >= 0.6 is 11.8 Å². The third-order valence-electron chi connectivity index (χ3n) is 4.69. The van der Waals surface area contributed by atoms with E-state index in [0.717, 1.165) is 10.6 Å². The van der Waals surface area contributed by atoms with Crippen LogP contribution in [0.25, 0.3) is 0 Å². The highest BCUT2D eigenvalue weighted by molar-refractivity contribution is 7.98. The first-order chi connectivity index (χ1) is 12.1. The number of carbonyl (C=O) groups excluding carboxylic acids is 1. The number of pyridine rings is 1. The van der Waals surface area contributed by atoms with Crippen LogP contribution in [0.15, 0.2) is 53.6 Å². The monoisotopic (exact) mass is 355 g/mol. The number of thioether (sulfide) groups is 1. The van der Waals surface area contributed by atoms with Gasteiger partial charge in [-0.2, -0.15) is 0 Å². The van der Waals surface area contributed by atoms with Crippen molar-refractivity contribution in [3.8, 4) is 0 Å². The van der Waals surface area contributed by atoms with Gasteiger partial charge in [0.05, 0.1) is 5.92 Å². The molecule has 4 nitrogen and oxygen atoms in total. The Kier molecular flexibility index (Phi) is 5.87. The number of hydrogen-bond donors (Lipinski definition) is 1. The van der Waals surface area contributed by atoms with Gasteiger partial charge in [0, 0.05) is 22.8 Å². The second-order valence-corrected chi connectivity index (χ2v) is 7.39. The molecule has 1 heterocycles. The lowest BCUT2D eigenvalue weighted by atomic mass is 9.79. The molecule has 130 valence electrons. The highest BCUT2D eigenvalue weighted by Gasteiger charge is 2.31. The number of carboxylic acids is 1. The third kappa shape index (κ3) is 4.48. The van der Waals surface area contributed by atoms with Crippen molar-refractivity contribution in [3.05, 3.63) is 59.9 Å². The van der Waals surface area contributed by atoms with Crippen molar-refractivity contribution in [3.63, 3.8) is 0 Å². The lowest BCUT2D eigenvalue weighted by Gasteiger charge is -2.25. The molecule has 25 heavy (non-hydrogen) atoms. The molecule has 5 heteroatoms. The fraction of sp³-hybridized carbons (Fsp3) is 0.350. The van der Waals surface area contributed by atoms with E-state index in [1.807, 2.05) is 30.3 Å². The summed E-state index contributed by atoms with van der Waals surface area (Å²) in [7, 11) is 0. The molecule has 1 aliphatic rings. The Hall–Kier alpha value is -2.14. The number of hydrogen-bond acceptors (Lipinski definition) is 4. The Morgan fingerprint density at radius 2 is 1.68 bits per heavy atom. The number of carboxylic acid groups (broad SMARTS) is 1. The fourth-order valence-electron chi connectivity index (χ4n) is 3.22. The Balaban J connectivity index is 1.68. The Morgan fingerprint density at radius 1 is 1.00 bits per heavy atom. The van der Waals surface area contributed by atoms with Crippen LogP contribution < -0.4 is 0 Å². The molecule has 2 aromatic rings. The maximum Gasteiger partial charge on any atom is 0.306 e. The second-order valence-electron chi connectivity index (χ2n) is 6.38. The first kappa shape index (κ1) is 17.7. The van der Waals surface area contributed by atoms with E-state index >= 15 is 0 Å².